The lowest BCUT2D eigenvalue weighted by Crippen LogP contribution is -2.00. The molecule has 6 heteroatoms. The first-order chi connectivity index (χ1) is 11.2. The summed E-state index contributed by atoms with van der Waals surface area (Å²) in [6.45, 7) is 1.88. The first-order valence-corrected chi connectivity index (χ1v) is 9.78. The summed E-state index contributed by atoms with van der Waals surface area (Å²) in [5, 5.41) is 2.37. The highest BCUT2D eigenvalue weighted by molar-refractivity contribution is 7.72. The fourth-order valence-electron chi connectivity index (χ4n) is 2.69. The van der Waals surface area contributed by atoms with E-state index in [0.29, 0.717) is 0 Å². The summed E-state index contributed by atoms with van der Waals surface area (Å²) in [6.07, 6.45) is 1.03. The van der Waals surface area contributed by atoms with E-state index < -0.39 is 0 Å². The van der Waals surface area contributed by atoms with Crippen molar-refractivity contribution < 1.29 is 0 Å². The Labute approximate surface area is 152 Å². The van der Waals surface area contributed by atoms with Gasteiger partial charge in [0.2, 0.25) is 0 Å². The van der Waals surface area contributed by atoms with Gasteiger partial charge < -0.3 is 0 Å². The zero-order chi connectivity index (χ0) is 15.8. The van der Waals surface area contributed by atoms with E-state index >= 15 is 0 Å². The molecule has 23 heavy (non-hydrogen) atoms. The predicted octanol–water partition coefficient (Wildman–Crippen LogP) is 6.27. The molecule has 0 aliphatic rings. The van der Waals surface area contributed by atoms with Crippen LogP contribution >= 0.6 is 47.5 Å². The van der Waals surface area contributed by atoms with Crippen LogP contribution in [0.4, 0.5) is 0 Å². The highest BCUT2D eigenvalue weighted by Gasteiger charge is 2.06. The number of aryl methyl sites for hydroxylation is 2. The summed E-state index contributed by atoms with van der Waals surface area (Å²) in [6, 6.07) is 16.7. The average Bonchev–Trinajstić information content (AvgIpc) is 3.07. The van der Waals surface area contributed by atoms with E-state index in [1.807, 2.05) is 12.1 Å². The van der Waals surface area contributed by atoms with Gasteiger partial charge in [-0.05, 0) is 18.6 Å². The normalized spacial score (nSPS) is 11.5. The van der Waals surface area contributed by atoms with Crippen molar-refractivity contribution in [2.45, 2.75) is 19.5 Å². The standard InChI is InChI=1S/C17H14N2S4/c20-16-12-6-1-3-8-14(12)22-18(16)10-5-11-19-17(21)13-7-2-4-9-15(13)23-19/h1-4,6-9H,5,10-11H2. The van der Waals surface area contributed by atoms with Gasteiger partial charge in [-0.2, -0.15) is 0 Å². The van der Waals surface area contributed by atoms with Crippen molar-refractivity contribution in [3.63, 3.8) is 0 Å². The van der Waals surface area contributed by atoms with Gasteiger partial charge in [-0.1, -0.05) is 83.9 Å². The van der Waals surface area contributed by atoms with Crippen LogP contribution in [-0.4, -0.2) is 7.91 Å². The summed E-state index contributed by atoms with van der Waals surface area (Å²) < 4.78 is 8.86. The highest BCUT2D eigenvalue weighted by Crippen LogP contribution is 2.25. The van der Waals surface area contributed by atoms with Crippen molar-refractivity contribution in [2.75, 3.05) is 0 Å². The zero-order valence-electron chi connectivity index (χ0n) is 12.3. The Hall–Kier alpha value is -1.34. The molecule has 0 amide bonds. The van der Waals surface area contributed by atoms with E-state index in [4.69, 9.17) is 24.4 Å². The molecule has 2 aromatic heterocycles. The van der Waals surface area contributed by atoms with E-state index in [1.54, 1.807) is 23.1 Å². The quantitative estimate of drug-likeness (QED) is 0.390. The first kappa shape index (κ1) is 15.2. The molecular weight excluding hydrogens is 360 g/mol. The SMILES string of the molecule is S=c1c2ccccc2sn1CCCn1sc2ccccc2c1=S. The maximum atomic E-state index is 5.58. The van der Waals surface area contributed by atoms with Crippen LogP contribution < -0.4 is 0 Å². The number of benzene rings is 2. The van der Waals surface area contributed by atoms with Crippen molar-refractivity contribution in [3.8, 4) is 0 Å². The molecule has 4 rings (SSSR count). The summed E-state index contributed by atoms with van der Waals surface area (Å²) in [5.74, 6) is 0. The Bertz CT molecular complexity index is 1010. The summed E-state index contributed by atoms with van der Waals surface area (Å²) in [5.41, 5.74) is 0. The third kappa shape index (κ3) is 2.80. The van der Waals surface area contributed by atoms with E-state index in [9.17, 15) is 0 Å². The molecular formula is C17H14N2S4. The molecule has 0 aliphatic heterocycles. The molecule has 0 aliphatic carbocycles. The Kier molecular flexibility index (Phi) is 4.15. The minimum atomic E-state index is 0.939. The number of hydrogen-bond donors (Lipinski definition) is 0. The Morgan fingerprint density at radius 3 is 1.57 bits per heavy atom. The molecule has 0 fully saturated rings. The Morgan fingerprint density at radius 1 is 0.696 bits per heavy atom. The molecule has 116 valence electrons. The topological polar surface area (TPSA) is 9.86 Å². The molecule has 2 aromatic carbocycles. The van der Waals surface area contributed by atoms with E-state index in [-0.39, 0.29) is 0 Å². The number of rotatable bonds is 4. The molecule has 4 aromatic rings. The molecule has 0 saturated heterocycles. The van der Waals surface area contributed by atoms with E-state index in [2.05, 4.69) is 44.3 Å². The Balaban J connectivity index is 1.54. The zero-order valence-corrected chi connectivity index (χ0v) is 15.5. The van der Waals surface area contributed by atoms with Gasteiger partial charge in [0.25, 0.3) is 0 Å². The minimum Gasteiger partial charge on any atom is -0.287 e. The molecule has 0 unspecified atom stereocenters. The number of nitrogens with zero attached hydrogens (tertiary/aromatic N) is 2. The van der Waals surface area contributed by atoms with Crippen molar-refractivity contribution in [2.24, 2.45) is 0 Å². The van der Waals surface area contributed by atoms with Crippen LogP contribution in [0.15, 0.2) is 48.5 Å². The summed E-state index contributed by atoms with van der Waals surface area (Å²) in [7, 11) is 0. The lowest BCUT2D eigenvalue weighted by Gasteiger charge is -2.02. The van der Waals surface area contributed by atoms with Crippen LogP contribution in [0, 0.1) is 9.28 Å². The molecule has 0 N–H and O–H groups in total. The van der Waals surface area contributed by atoms with Gasteiger partial charge in [0.05, 0.1) is 9.40 Å². The second-order valence-electron chi connectivity index (χ2n) is 5.34. The van der Waals surface area contributed by atoms with E-state index in [1.165, 1.54) is 20.2 Å². The summed E-state index contributed by atoms with van der Waals surface area (Å²) in [4.78, 5) is 0. The number of aromatic nitrogens is 2. The molecule has 2 heterocycles. The number of fused-ring (bicyclic) bond motifs is 2. The van der Waals surface area contributed by atoms with Crippen LogP contribution in [0.3, 0.4) is 0 Å². The van der Waals surface area contributed by atoms with Crippen molar-refractivity contribution in [1.29, 1.82) is 0 Å². The van der Waals surface area contributed by atoms with Gasteiger partial charge in [0.15, 0.2) is 0 Å². The molecule has 0 spiro atoms. The van der Waals surface area contributed by atoms with E-state index in [0.717, 1.165) is 28.8 Å². The predicted molar refractivity (Wildman–Crippen MR) is 106 cm³/mol. The molecule has 0 bridgehead atoms. The monoisotopic (exact) mass is 374 g/mol. The van der Waals surface area contributed by atoms with Gasteiger partial charge in [-0.3, -0.25) is 7.91 Å². The second kappa shape index (κ2) is 6.28. The maximum absolute atomic E-state index is 5.58. The Morgan fingerprint density at radius 2 is 1.13 bits per heavy atom. The molecule has 2 nitrogen and oxygen atoms in total. The average molecular weight is 375 g/mol. The number of hydrogen-bond acceptors (Lipinski definition) is 4. The lowest BCUT2D eigenvalue weighted by molar-refractivity contribution is 0.606. The highest BCUT2D eigenvalue weighted by atomic mass is 32.1. The lowest BCUT2D eigenvalue weighted by atomic mass is 10.3. The van der Waals surface area contributed by atoms with Crippen LogP contribution in [0.2, 0.25) is 0 Å². The largest absolute Gasteiger partial charge is 0.287 e. The molecule has 0 atom stereocenters. The van der Waals surface area contributed by atoms with Gasteiger partial charge in [0, 0.05) is 23.9 Å². The second-order valence-corrected chi connectivity index (χ2v) is 8.24. The smallest absolute Gasteiger partial charge is 0.123 e. The van der Waals surface area contributed by atoms with Crippen LogP contribution in [0.5, 0.6) is 0 Å². The van der Waals surface area contributed by atoms with Crippen molar-refractivity contribution >= 4 is 67.7 Å². The van der Waals surface area contributed by atoms with Crippen molar-refractivity contribution in [3.05, 3.63) is 57.8 Å². The van der Waals surface area contributed by atoms with Crippen LogP contribution in [0.1, 0.15) is 6.42 Å². The fourth-order valence-corrected chi connectivity index (χ4v) is 5.66. The van der Waals surface area contributed by atoms with Crippen LogP contribution in [0.25, 0.3) is 20.2 Å². The van der Waals surface area contributed by atoms with Gasteiger partial charge in [0.1, 0.15) is 9.28 Å². The third-order valence-electron chi connectivity index (χ3n) is 3.83. The summed E-state index contributed by atoms with van der Waals surface area (Å²) >= 11 is 14.7. The fraction of sp³-hybridized carbons (Fsp3) is 0.176. The van der Waals surface area contributed by atoms with Gasteiger partial charge in [-0.25, -0.2) is 0 Å². The first-order valence-electron chi connectivity index (χ1n) is 7.42. The van der Waals surface area contributed by atoms with Gasteiger partial charge >= 0.3 is 0 Å². The van der Waals surface area contributed by atoms with Crippen molar-refractivity contribution in [1.82, 2.24) is 7.91 Å². The third-order valence-corrected chi connectivity index (χ3v) is 7.22. The maximum Gasteiger partial charge on any atom is 0.123 e. The minimum absolute atomic E-state index is 0.939. The van der Waals surface area contributed by atoms with Gasteiger partial charge in [-0.15, -0.1) is 0 Å². The molecule has 0 saturated carbocycles. The molecule has 0 radical (unpaired) electrons. The van der Waals surface area contributed by atoms with Crippen LogP contribution in [-0.2, 0) is 13.1 Å².